The van der Waals surface area contributed by atoms with Crippen LogP contribution in [0, 0.1) is 0 Å². The molecule has 0 saturated carbocycles. The van der Waals surface area contributed by atoms with Crippen LogP contribution in [0.1, 0.15) is 6.42 Å². The van der Waals surface area contributed by atoms with E-state index in [4.69, 9.17) is 23.2 Å². The lowest BCUT2D eigenvalue weighted by Crippen LogP contribution is -2.49. The van der Waals surface area contributed by atoms with Gasteiger partial charge < -0.3 is 15.1 Å². The maximum atomic E-state index is 12.7. The van der Waals surface area contributed by atoms with Gasteiger partial charge in [-0.1, -0.05) is 29.3 Å². The largest absolute Gasteiger partial charge is 0.368 e. The molecule has 0 unspecified atom stereocenters. The highest BCUT2D eigenvalue weighted by molar-refractivity contribution is 8.01. The second kappa shape index (κ2) is 8.23. The van der Waals surface area contributed by atoms with Gasteiger partial charge in [-0.05, 0) is 36.4 Å². The van der Waals surface area contributed by atoms with Gasteiger partial charge in [0, 0.05) is 53.2 Å². The zero-order valence-electron chi connectivity index (χ0n) is 15.0. The number of benzene rings is 2. The Morgan fingerprint density at radius 2 is 1.82 bits per heavy atom. The van der Waals surface area contributed by atoms with E-state index in [1.54, 1.807) is 12.1 Å². The van der Waals surface area contributed by atoms with E-state index in [0.29, 0.717) is 28.8 Å². The quantitative estimate of drug-likeness (QED) is 0.786. The molecule has 8 heteroatoms. The van der Waals surface area contributed by atoms with E-state index < -0.39 is 5.25 Å². The molecular weight excluding hydrogens is 417 g/mol. The number of thioether (sulfide) groups is 1. The van der Waals surface area contributed by atoms with Crippen LogP contribution < -0.4 is 10.2 Å². The first-order valence-electron chi connectivity index (χ1n) is 9.05. The summed E-state index contributed by atoms with van der Waals surface area (Å²) in [6.45, 7) is 2.77. The van der Waals surface area contributed by atoms with E-state index in [0.717, 1.165) is 23.7 Å². The van der Waals surface area contributed by atoms with Crippen molar-refractivity contribution in [3.8, 4) is 0 Å². The maximum absolute atomic E-state index is 12.7. The number of carbonyl (C=O) groups excluding carboxylic acids is 2. The Bertz CT molecular complexity index is 916. The zero-order valence-corrected chi connectivity index (χ0v) is 17.4. The monoisotopic (exact) mass is 435 g/mol. The molecular formula is C20H19Cl2N3O2S. The molecule has 5 nitrogen and oxygen atoms in total. The minimum absolute atomic E-state index is 0.0100. The van der Waals surface area contributed by atoms with Crippen LogP contribution in [0.15, 0.2) is 47.4 Å². The van der Waals surface area contributed by atoms with Crippen LogP contribution in [0.25, 0.3) is 0 Å². The van der Waals surface area contributed by atoms with Gasteiger partial charge in [0.2, 0.25) is 11.8 Å². The predicted molar refractivity (Wildman–Crippen MR) is 115 cm³/mol. The van der Waals surface area contributed by atoms with Gasteiger partial charge in [-0.15, -0.1) is 11.8 Å². The Balaban J connectivity index is 1.35. The highest BCUT2D eigenvalue weighted by Crippen LogP contribution is 2.38. The number of carbonyl (C=O) groups is 2. The van der Waals surface area contributed by atoms with Gasteiger partial charge in [-0.2, -0.15) is 0 Å². The van der Waals surface area contributed by atoms with E-state index in [1.807, 2.05) is 35.2 Å². The van der Waals surface area contributed by atoms with Gasteiger partial charge in [-0.3, -0.25) is 9.59 Å². The Kier molecular flexibility index (Phi) is 5.71. The molecule has 0 spiro atoms. The van der Waals surface area contributed by atoms with E-state index in [2.05, 4.69) is 10.2 Å². The molecule has 4 rings (SSSR count). The Labute approximate surface area is 178 Å². The second-order valence-corrected chi connectivity index (χ2v) is 8.91. The topological polar surface area (TPSA) is 52.7 Å². The fraction of sp³-hybridized carbons (Fsp3) is 0.300. The van der Waals surface area contributed by atoms with Crippen molar-refractivity contribution in [2.24, 2.45) is 0 Å². The average Bonchev–Trinajstić information content (AvgIpc) is 2.69. The summed E-state index contributed by atoms with van der Waals surface area (Å²) in [7, 11) is 0. The molecule has 2 aliphatic rings. The molecule has 2 heterocycles. The molecule has 2 aromatic carbocycles. The first kappa shape index (κ1) is 19.4. The molecule has 0 bridgehead atoms. The Hall–Kier alpha value is -1.89. The molecule has 2 aliphatic heterocycles. The summed E-state index contributed by atoms with van der Waals surface area (Å²) in [4.78, 5) is 30.1. The van der Waals surface area contributed by atoms with Crippen molar-refractivity contribution < 1.29 is 9.59 Å². The number of nitrogens with zero attached hydrogens (tertiary/aromatic N) is 2. The zero-order chi connectivity index (χ0) is 19.7. The van der Waals surface area contributed by atoms with Crippen LogP contribution in [-0.4, -0.2) is 48.1 Å². The van der Waals surface area contributed by atoms with Crippen molar-refractivity contribution in [3.05, 3.63) is 52.5 Å². The third-order valence-corrected chi connectivity index (χ3v) is 6.67. The highest BCUT2D eigenvalue weighted by Gasteiger charge is 2.31. The first-order valence-corrected chi connectivity index (χ1v) is 10.7. The summed E-state index contributed by atoms with van der Waals surface area (Å²) in [6.07, 6.45) is 0.190. The molecule has 1 N–H and O–H groups in total. The minimum atomic E-state index is -0.424. The van der Waals surface area contributed by atoms with Gasteiger partial charge in [-0.25, -0.2) is 0 Å². The standard InChI is InChI=1S/C20H19Cl2N3O2S/c21-13-2-1-3-15(10-13)24-6-8-25(9-7-24)19(26)12-18-20(27)23-16-11-14(22)4-5-17(16)28-18/h1-5,10-11,18H,6-9,12H2,(H,23,27)/t18-/m0/s1. The lowest BCUT2D eigenvalue weighted by Gasteiger charge is -2.37. The Morgan fingerprint density at radius 1 is 1.07 bits per heavy atom. The number of amides is 2. The van der Waals surface area contributed by atoms with Crippen molar-refractivity contribution in [3.63, 3.8) is 0 Å². The van der Waals surface area contributed by atoms with Crippen molar-refractivity contribution in [2.45, 2.75) is 16.6 Å². The second-order valence-electron chi connectivity index (χ2n) is 6.79. The van der Waals surface area contributed by atoms with E-state index in [-0.39, 0.29) is 18.2 Å². The van der Waals surface area contributed by atoms with Crippen molar-refractivity contribution >= 4 is 58.2 Å². The lowest BCUT2D eigenvalue weighted by molar-refractivity contribution is -0.132. The number of fused-ring (bicyclic) bond motifs is 1. The van der Waals surface area contributed by atoms with Crippen LogP contribution in [0.2, 0.25) is 10.0 Å². The van der Waals surface area contributed by atoms with E-state index in [9.17, 15) is 9.59 Å². The highest BCUT2D eigenvalue weighted by atomic mass is 35.5. The molecule has 0 aromatic heterocycles. The minimum Gasteiger partial charge on any atom is -0.368 e. The third kappa shape index (κ3) is 4.24. The smallest absolute Gasteiger partial charge is 0.238 e. The molecule has 28 heavy (non-hydrogen) atoms. The van der Waals surface area contributed by atoms with Crippen LogP contribution in [0.5, 0.6) is 0 Å². The molecule has 1 atom stereocenters. The van der Waals surface area contributed by atoms with Crippen LogP contribution in [0.3, 0.4) is 0 Å². The van der Waals surface area contributed by atoms with Crippen LogP contribution >= 0.6 is 35.0 Å². The predicted octanol–water partition coefficient (Wildman–Crippen LogP) is 4.15. The molecule has 1 saturated heterocycles. The third-order valence-electron chi connectivity index (χ3n) is 4.93. The summed E-state index contributed by atoms with van der Waals surface area (Å²) in [5.41, 5.74) is 1.78. The number of halogens is 2. The molecule has 0 radical (unpaired) electrons. The van der Waals surface area contributed by atoms with Crippen molar-refractivity contribution in [2.75, 3.05) is 36.4 Å². The van der Waals surface area contributed by atoms with Gasteiger partial charge >= 0.3 is 0 Å². The van der Waals surface area contributed by atoms with Crippen molar-refractivity contribution in [1.82, 2.24) is 4.90 Å². The van der Waals surface area contributed by atoms with Gasteiger partial charge in [0.25, 0.3) is 0 Å². The van der Waals surface area contributed by atoms with Crippen LogP contribution in [-0.2, 0) is 9.59 Å². The average molecular weight is 436 g/mol. The molecule has 2 aromatic rings. The number of anilines is 2. The fourth-order valence-corrected chi connectivity index (χ4v) is 4.87. The van der Waals surface area contributed by atoms with E-state index in [1.165, 1.54) is 11.8 Å². The first-order chi connectivity index (χ1) is 13.5. The van der Waals surface area contributed by atoms with E-state index >= 15 is 0 Å². The Morgan fingerprint density at radius 3 is 2.57 bits per heavy atom. The number of nitrogens with one attached hydrogen (secondary N) is 1. The number of piperazine rings is 1. The van der Waals surface area contributed by atoms with Crippen molar-refractivity contribution in [1.29, 1.82) is 0 Å². The summed E-state index contributed by atoms with van der Waals surface area (Å²) in [6, 6.07) is 13.1. The number of hydrogen-bond acceptors (Lipinski definition) is 4. The molecule has 0 aliphatic carbocycles. The summed E-state index contributed by atoms with van der Waals surface area (Å²) >= 11 is 13.5. The molecule has 2 amide bonds. The fourth-order valence-electron chi connectivity index (χ4n) is 3.43. The summed E-state index contributed by atoms with van der Waals surface area (Å²) in [5, 5.41) is 3.72. The summed E-state index contributed by atoms with van der Waals surface area (Å²) in [5.74, 6) is -0.138. The normalized spacial score (nSPS) is 19.2. The number of hydrogen-bond donors (Lipinski definition) is 1. The SMILES string of the molecule is O=C1Nc2cc(Cl)ccc2S[C@H]1CC(=O)N1CCN(c2cccc(Cl)c2)CC1. The molecule has 1 fully saturated rings. The maximum Gasteiger partial charge on any atom is 0.238 e. The van der Waals surface area contributed by atoms with Gasteiger partial charge in [0.1, 0.15) is 0 Å². The van der Waals surface area contributed by atoms with Gasteiger partial charge in [0.05, 0.1) is 10.9 Å². The lowest BCUT2D eigenvalue weighted by atomic mass is 10.2. The van der Waals surface area contributed by atoms with Gasteiger partial charge in [0.15, 0.2) is 0 Å². The summed E-state index contributed by atoms with van der Waals surface area (Å²) < 4.78 is 0. The number of rotatable bonds is 3. The molecule has 146 valence electrons. The van der Waals surface area contributed by atoms with Crippen LogP contribution in [0.4, 0.5) is 11.4 Å².